The number of rotatable bonds is 6. The summed E-state index contributed by atoms with van der Waals surface area (Å²) in [5, 5.41) is 0. The van der Waals surface area contributed by atoms with Crippen LogP contribution in [0.15, 0.2) is 42.5 Å². The van der Waals surface area contributed by atoms with Crippen LogP contribution < -0.4 is 25.5 Å². The van der Waals surface area contributed by atoms with Gasteiger partial charge in [0.1, 0.15) is 17.2 Å². The molecule has 21 heavy (non-hydrogen) atoms. The van der Waals surface area contributed by atoms with Crippen molar-refractivity contribution in [2.75, 3.05) is 21.3 Å². The minimum atomic E-state index is -0.167. The SMILES string of the molecule is COc1ccc(C(NN)c2cc(OC)cc(OC)c2)cc1. The third kappa shape index (κ3) is 3.45. The van der Waals surface area contributed by atoms with Gasteiger partial charge in [-0.3, -0.25) is 5.84 Å². The molecule has 0 aliphatic rings. The number of ether oxygens (including phenoxy) is 3. The molecule has 0 aromatic heterocycles. The molecule has 0 spiro atoms. The van der Waals surface area contributed by atoms with Crippen molar-refractivity contribution < 1.29 is 14.2 Å². The van der Waals surface area contributed by atoms with Gasteiger partial charge in [0.15, 0.2) is 0 Å². The van der Waals surface area contributed by atoms with Crippen LogP contribution in [0.5, 0.6) is 17.2 Å². The van der Waals surface area contributed by atoms with Crippen LogP contribution in [0.4, 0.5) is 0 Å². The summed E-state index contributed by atoms with van der Waals surface area (Å²) in [6, 6.07) is 13.2. The highest BCUT2D eigenvalue weighted by atomic mass is 16.5. The lowest BCUT2D eigenvalue weighted by Crippen LogP contribution is -2.28. The monoisotopic (exact) mass is 288 g/mol. The number of hydrogen-bond donors (Lipinski definition) is 2. The van der Waals surface area contributed by atoms with Gasteiger partial charge in [0.2, 0.25) is 0 Å². The second-order valence-electron chi connectivity index (χ2n) is 4.52. The second-order valence-corrected chi connectivity index (χ2v) is 4.52. The molecule has 0 aliphatic heterocycles. The Balaban J connectivity index is 2.39. The summed E-state index contributed by atoms with van der Waals surface area (Å²) in [4.78, 5) is 0. The van der Waals surface area contributed by atoms with Crippen molar-refractivity contribution >= 4 is 0 Å². The molecule has 5 nitrogen and oxygen atoms in total. The molecule has 0 fully saturated rings. The lowest BCUT2D eigenvalue weighted by molar-refractivity contribution is 0.392. The van der Waals surface area contributed by atoms with E-state index in [1.165, 1.54) is 0 Å². The van der Waals surface area contributed by atoms with E-state index < -0.39 is 0 Å². The summed E-state index contributed by atoms with van der Waals surface area (Å²) in [5.41, 5.74) is 4.80. The first-order chi connectivity index (χ1) is 10.2. The fraction of sp³-hybridized carbons (Fsp3) is 0.250. The highest BCUT2D eigenvalue weighted by Gasteiger charge is 2.15. The average molecular weight is 288 g/mol. The predicted octanol–water partition coefficient (Wildman–Crippen LogP) is 2.27. The first kappa shape index (κ1) is 15.2. The van der Waals surface area contributed by atoms with Crippen LogP contribution in [0.1, 0.15) is 17.2 Å². The van der Waals surface area contributed by atoms with E-state index in [2.05, 4.69) is 5.43 Å². The Hall–Kier alpha value is -2.24. The molecule has 0 bridgehead atoms. The number of nitrogens with one attached hydrogen (secondary N) is 1. The first-order valence-corrected chi connectivity index (χ1v) is 6.55. The lowest BCUT2D eigenvalue weighted by Gasteiger charge is -2.19. The molecule has 112 valence electrons. The van der Waals surface area contributed by atoms with Crippen LogP contribution in [0, 0.1) is 0 Å². The van der Waals surface area contributed by atoms with Gasteiger partial charge in [0.25, 0.3) is 0 Å². The minimum Gasteiger partial charge on any atom is -0.497 e. The Morgan fingerprint density at radius 3 is 1.71 bits per heavy atom. The molecule has 0 saturated heterocycles. The third-order valence-corrected chi connectivity index (χ3v) is 3.32. The van der Waals surface area contributed by atoms with Gasteiger partial charge in [-0.1, -0.05) is 12.1 Å². The summed E-state index contributed by atoms with van der Waals surface area (Å²) in [7, 11) is 4.88. The van der Waals surface area contributed by atoms with E-state index in [0.717, 1.165) is 28.4 Å². The molecule has 1 atom stereocenters. The highest BCUT2D eigenvalue weighted by Crippen LogP contribution is 2.30. The van der Waals surface area contributed by atoms with Gasteiger partial charge in [-0.2, -0.15) is 0 Å². The number of methoxy groups -OCH3 is 3. The highest BCUT2D eigenvalue weighted by molar-refractivity contribution is 5.43. The van der Waals surface area contributed by atoms with Crippen molar-refractivity contribution in [2.45, 2.75) is 6.04 Å². The molecule has 0 radical (unpaired) electrons. The van der Waals surface area contributed by atoms with Gasteiger partial charge in [-0.25, -0.2) is 5.43 Å². The molecule has 3 N–H and O–H groups in total. The first-order valence-electron chi connectivity index (χ1n) is 6.55. The van der Waals surface area contributed by atoms with Gasteiger partial charge in [-0.15, -0.1) is 0 Å². The van der Waals surface area contributed by atoms with E-state index in [1.54, 1.807) is 21.3 Å². The molecule has 0 heterocycles. The fourth-order valence-electron chi connectivity index (χ4n) is 2.18. The number of hydrogen-bond acceptors (Lipinski definition) is 5. The van der Waals surface area contributed by atoms with Crippen molar-refractivity contribution in [3.63, 3.8) is 0 Å². The summed E-state index contributed by atoms with van der Waals surface area (Å²) < 4.78 is 15.8. The zero-order valence-electron chi connectivity index (χ0n) is 12.4. The van der Waals surface area contributed by atoms with Crippen LogP contribution in [0.3, 0.4) is 0 Å². The Morgan fingerprint density at radius 2 is 1.29 bits per heavy atom. The van der Waals surface area contributed by atoms with Gasteiger partial charge in [-0.05, 0) is 35.4 Å². The van der Waals surface area contributed by atoms with Crippen molar-refractivity contribution in [3.8, 4) is 17.2 Å². The zero-order chi connectivity index (χ0) is 15.2. The van der Waals surface area contributed by atoms with Crippen molar-refractivity contribution in [1.29, 1.82) is 0 Å². The van der Waals surface area contributed by atoms with Gasteiger partial charge in [0.05, 0.1) is 27.4 Å². The Bertz CT molecular complexity index is 562. The minimum absolute atomic E-state index is 0.167. The average Bonchev–Trinajstić information content (AvgIpc) is 2.55. The van der Waals surface area contributed by atoms with Crippen molar-refractivity contribution in [2.24, 2.45) is 5.84 Å². The summed E-state index contributed by atoms with van der Waals surface area (Å²) in [5.74, 6) is 7.97. The Labute approximate surface area is 124 Å². The largest absolute Gasteiger partial charge is 0.497 e. The predicted molar refractivity (Wildman–Crippen MR) is 81.7 cm³/mol. The second kappa shape index (κ2) is 6.97. The topological polar surface area (TPSA) is 65.7 Å². The molecule has 2 aromatic carbocycles. The van der Waals surface area contributed by atoms with E-state index in [0.29, 0.717) is 0 Å². The van der Waals surface area contributed by atoms with Crippen molar-refractivity contribution in [1.82, 2.24) is 5.43 Å². The third-order valence-electron chi connectivity index (χ3n) is 3.32. The Kier molecular flexibility index (Phi) is 5.03. The van der Waals surface area contributed by atoms with Gasteiger partial charge < -0.3 is 14.2 Å². The van der Waals surface area contributed by atoms with E-state index in [4.69, 9.17) is 20.1 Å². The van der Waals surface area contributed by atoms with Crippen LogP contribution in [0.25, 0.3) is 0 Å². The number of nitrogens with two attached hydrogens (primary N) is 1. The van der Waals surface area contributed by atoms with Crippen LogP contribution in [0.2, 0.25) is 0 Å². The molecule has 0 saturated carbocycles. The van der Waals surface area contributed by atoms with E-state index in [9.17, 15) is 0 Å². The molecule has 2 aromatic rings. The van der Waals surface area contributed by atoms with Crippen LogP contribution >= 0.6 is 0 Å². The van der Waals surface area contributed by atoms with Gasteiger partial charge >= 0.3 is 0 Å². The van der Waals surface area contributed by atoms with E-state index in [1.807, 2.05) is 42.5 Å². The molecule has 5 heteroatoms. The number of hydrazine groups is 1. The molecule has 0 aliphatic carbocycles. The van der Waals surface area contributed by atoms with Crippen LogP contribution in [-0.4, -0.2) is 21.3 Å². The van der Waals surface area contributed by atoms with E-state index in [-0.39, 0.29) is 6.04 Å². The molecule has 0 amide bonds. The van der Waals surface area contributed by atoms with Gasteiger partial charge in [0, 0.05) is 6.07 Å². The maximum absolute atomic E-state index is 5.73. The molecule has 2 rings (SSSR count). The standard InChI is InChI=1S/C16H20N2O3/c1-19-13-6-4-11(5-7-13)16(18-17)12-8-14(20-2)10-15(9-12)21-3/h4-10,16,18H,17H2,1-3H3. The maximum atomic E-state index is 5.73. The maximum Gasteiger partial charge on any atom is 0.122 e. The van der Waals surface area contributed by atoms with Crippen LogP contribution in [-0.2, 0) is 0 Å². The molecular formula is C16H20N2O3. The molecule has 1 unspecified atom stereocenters. The summed E-state index contributed by atoms with van der Waals surface area (Å²) >= 11 is 0. The summed E-state index contributed by atoms with van der Waals surface area (Å²) in [6.07, 6.45) is 0. The smallest absolute Gasteiger partial charge is 0.122 e. The quantitative estimate of drug-likeness (QED) is 0.630. The normalized spacial score (nSPS) is 11.8. The number of benzene rings is 2. The Morgan fingerprint density at radius 1 is 0.762 bits per heavy atom. The molecular weight excluding hydrogens is 268 g/mol. The summed E-state index contributed by atoms with van der Waals surface area (Å²) in [6.45, 7) is 0. The van der Waals surface area contributed by atoms with E-state index >= 15 is 0 Å². The zero-order valence-corrected chi connectivity index (χ0v) is 12.4. The fourth-order valence-corrected chi connectivity index (χ4v) is 2.18. The lowest BCUT2D eigenvalue weighted by atomic mass is 9.98. The van der Waals surface area contributed by atoms with Crippen molar-refractivity contribution in [3.05, 3.63) is 53.6 Å².